The van der Waals surface area contributed by atoms with Crippen LogP contribution in [-0.4, -0.2) is 34.4 Å². The average molecular weight is 469 g/mol. The first-order chi connectivity index (χ1) is 13.9. The van der Waals surface area contributed by atoms with Gasteiger partial charge in [-0.1, -0.05) is 29.3 Å². The molecule has 1 aliphatic rings. The molecule has 0 saturated carbocycles. The van der Waals surface area contributed by atoms with Crippen LogP contribution in [0.15, 0.2) is 24.4 Å². The molecule has 0 spiro atoms. The lowest BCUT2D eigenvalue weighted by atomic mass is 9.97. The van der Waals surface area contributed by atoms with Crippen LogP contribution in [0.2, 0.25) is 10.0 Å². The maximum Gasteiger partial charge on any atom is 0.434 e. The van der Waals surface area contributed by atoms with Crippen LogP contribution < -0.4 is 11.1 Å². The lowest BCUT2D eigenvalue weighted by Gasteiger charge is -2.28. The number of nitrogens with two attached hydrogens (primary N) is 1. The number of halogens is 7. The number of rotatable bonds is 4. The molecule has 0 aliphatic carbocycles. The minimum Gasteiger partial charge on any atom is -0.368 e. The lowest BCUT2D eigenvalue weighted by Crippen LogP contribution is -2.39. The van der Waals surface area contributed by atoms with E-state index in [-0.39, 0.29) is 17.7 Å². The Kier molecular flexibility index (Phi) is 5.79. The van der Waals surface area contributed by atoms with E-state index < -0.39 is 57.6 Å². The quantitative estimate of drug-likeness (QED) is 0.530. The van der Waals surface area contributed by atoms with Gasteiger partial charge in [0, 0.05) is 11.8 Å². The molecular formula is C17H11Cl2F5N4O2. The van der Waals surface area contributed by atoms with Crippen LogP contribution in [0.5, 0.6) is 0 Å². The van der Waals surface area contributed by atoms with Crippen LogP contribution in [0.4, 0.5) is 26.7 Å². The Balaban J connectivity index is 2.17. The van der Waals surface area contributed by atoms with Gasteiger partial charge >= 0.3 is 12.2 Å². The molecule has 1 aromatic heterocycles. The number of benzene rings is 1. The first-order valence-corrected chi connectivity index (χ1v) is 8.90. The van der Waals surface area contributed by atoms with Crippen molar-refractivity contribution < 1.29 is 31.5 Å². The third-order valence-corrected chi connectivity index (χ3v) is 5.03. The smallest absolute Gasteiger partial charge is 0.368 e. The maximum absolute atomic E-state index is 14.7. The summed E-state index contributed by atoms with van der Waals surface area (Å²) in [7, 11) is 0. The minimum atomic E-state index is -4.85. The van der Waals surface area contributed by atoms with E-state index in [2.05, 4.69) is 10.3 Å². The number of hydrogen-bond donors (Lipinski definition) is 2. The molecule has 3 rings (SSSR count). The van der Waals surface area contributed by atoms with Crippen molar-refractivity contribution in [2.24, 2.45) is 5.73 Å². The van der Waals surface area contributed by atoms with Gasteiger partial charge in [-0.3, -0.25) is 4.79 Å². The van der Waals surface area contributed by atoms with Gasteiger partial charge in [-0.15, -0.1) is 0 Å². The van der Waals surface area contributed by atoms with Gasteiger partial charge in [0.2, 0.25) is 5.91 Å². The monoisotopic (exact) mass is 468 g/mol. The van der Waals surface area contributed by atoms with Crippen LogP contribution in [-0.2, 0) is 11.0 Å². The van der Waals surface area contributed by atoms with E-state index in [0.717, 1.165) is 29.3 Å². The number of hydrogen-bond acceptors (Lipinski definition) is 3. The van der Waals surface area contributed by atoms with Crippen molar-refractivity contribution in [1.82, 2.24) is 15.2 Å². The zero-order chi connectivity index (χ0) is 22.4. The van der Waals surface area contributed by atoms with E-state index >= 15 is 0 Å². The number of pyridine rings is 1. The predicted octanol–water partition coefficient (Wildman–Crippen LogP) is 3.65. The highest BCUT2D eigenvalue weighted by Gasteiger charge is 2.41. The number of carbonyl (C=O) groups is 2. The molecule has 1 aromatic carbocycles. The van der Waals surface area contributed by atoms with Gasteiger partial charge in [-0.05, 0) is 17.7 Å². The summed E-state index contributed by atoms with van der Waals surface area (Å²) < 4.78 is 67.3. The number of carbonyl (C=O) groups excluding carboxylic acids is 2. The van der Waals surface area contributed by atoms with Crippen LogP contribution >= 0.6 is 23.2 Å². The molecule has 1 fully saturated rings. The molecule has 160 valence electrons. The van der Waals surface area contributed by atoms with Crippen molar-refractivity contribution in [3.63, 3.8) is 0 Å². The number of nitrogens with one attached hydrogen (secondary N) is 1. The Bertz CT molecular complexity index is 1030. The summed E-state index contributed by atoms with van der Waals surface area (Å²) >= 11 is 11.3. The summed E-state index contributed by atoms with van der Waals surface area (Å²) in [5, 5.41) is 0.587. The molecular weight excluding hydrogens is 458 g/mol. The van der Waals surface area contributed by atoms with Gasteiger partial charge in [-0.2, -0.15) is 13.2 Å². The molecule has 3 amide bonds. The van der Waals surface area contributed by atoms with Crippen molar-refractivity contribution in [2.45, 2.75) is 18.3 Å². The summed E-state index contributed by atoms with van der Waals surface area (Å²) in [4.78, 5) is 28.0. The summed E-state index contributed by atoms with van der Waals surface area (Å²) in [5.41, 5.74) is 3.32. The molecule has 2 aromatic rings. The largest absolute Gasteiger partial charge is 0.434 e. The fraction of sp³-hybridized carbons (Fsp3) is 0.235. The molecule has 3 N–H and O–H groups in total. The van der Waals surface area contributed by atoms with E-state index in [4.69, 9.17) is 28.9 Å². The van der Waals surface area contributed by atoms with Gasteiger partial charge in [0.25, 0.3) is 0 Å². The molecule has 6 nitrogen and oxygen atoms in total. The van der Waals surface area contributed by atoms with Crippen LogP contribution in [0.25, 0.3) is 0 Å². The van der Waals surface area contributed by atoms with Crippen molar-refractivity contribution in [2.75, 3.05) is 6.54 Å². The fourth-order valence-electron chi connectivity index (χ4n) is 3.03. The minimum absolute atomic E-state index is 0.130. The molecule has 2 heterocycles. The van der Waals surface area contributed by atoms with Gasteiger partial charge in [0.15, 0.2) is 5.69 Å². The second-order valence-corrected chi connectivity index (χ2v) is 7.11. The molecule has 1 saturated heterocycles. The van der Waals surface area contributed by atoms with Crippen molar-refractivity contribution in [1.29, 1.82) is 0 Å². The Labute approximate surface area is 175 Å². The third-order valence-electron chi connectivity index (χ3n) is 4.40. The third kappa shape index (κ3) is 3.99. The van der Waals surface area contributed by atoms with E-state index in [1.165, 1.54) is 0 Å². The topological polar surface area (TPSA) is 88.3 Å². The molecule has 1 unspecified atom stereocenters. The summed E-state index contributed by atoms with van der Waals surface area (Å²) in [6.07, 6.45) is -4.10. The standard InChI is InChI=1S/C17H11Cl2F5N4O2/c18-8-3-6(4-26-14(8)17(22,23)24)13(7-1-2-9(20)11(19)12(7)21)28-5-10(15(25)29)27-16(28)30/h1-4,10,13H,5H2,(H2,25,29)(H,27,30)/t10?,13-/m1/s1. The lowest BCUT2D eigenvalue weighted by molar-refractivity contribution is -0.141. The Morgan fingerprint density at radius 1 is 1.30 bits per heavy atom. The zero-order valence-electron chi connectivity index (χ0n) is 14.6. The molecule has 2 atom stereocenters. The normalized spacial score (nSPS) is 17.8. The second-order valence-electron chi connectivity index (χ2n) is 6.32. The van der Waals surface area contributed by atoms with E-state index in [9.17, 15) is 31.5 Å². The first kappa shape index (κ1) is 22.0. The number of primary amides is 1. The second kappa shape index (κ2) is 7.88. The molecule has 30 heavy (non-hydrogen) atoms. The van der Waals surface area contributed by atoms with Crippen LogP contribution in [0.3, 0.4) is 0 Å². The number of urea groups is 1. The maximum atomic E-state index is 14.7. The number of alkyl halides is 3. The summed E-state index contributed by atoms with van der Waals surface area (Å²) in [5.74, 6) is -3.21. The molecule has 1 aliphatic heterocycles. The molecule has 13 heteroatoms. The van der Waals surface area contributed by atoms with Gasteiger partial charge < -0.3 is 16.0 Å². The Morgan fingerprint density at radius 3 is 2.50 bits per heavy atom. The van der Waals surface area contributed by atoms with Crippen molar-refractivity contribution >= 4 is 35.1 Å². The predicted molar refractivity (Wildman–Crippen MR) is 95.7 cm³/mol. The number of aromatic nitrogens is 1. The van der Waals surface area contributed by atoms with Gasteiger partial charge in [-0.25, -0.2) is 18.6 Å². The zero-order valence-corrected chi connectivity index (χ0v) is 16.1. The highest BCUT2D eigenvalue weighted by atomic mass is 35.5. The Hall–Kier alpha value is -2.66. The molecule has 0 radical (unpaired) electrons. The van der Waals surface area contributed by atoms with Gasteiger partial charge in [0.1, 0.15) is 22.7 Å². The Morgan fingerprint density at radius 2 is 1.97 bits per heavy atom. The summed E-state index contributed by atoms with van der Waals surface area (Å²) in [6.45, 7) is -0.341. The highest BCUT2D eigenvalue weighted by Crippen LogP contribution is 2.39. The number of amides is 3. The van der Waals surface area contributed by atoms with Crippen LogP contribution in [0, 0.1) is 11.6 Å². The average Bonchev–Trinajstić information content (AvgIpc) is 3.03. The SMILES string of the molecule is NC(=O)C1CN([C@H](c2cnc(C(F)(F)F)c(Cl)c2)c2ccc(F)c(Cl)c2F)C(=O)N1. The molecule has 0 bridgehead atoms. The first-order valence-electron chi connectivity index (χ1n) is 8.14. The van der Waals surface area contributed by atoms with Crippen LogP contribution in [0.1, 0.15) is 22.9 Å². The van der Waals surface area contributed by atoms with Crippen molar-refractivity contribution in [3.8, 4) is 0 Å². The van der Waals surface area contributed by atoms with Crippen molar-refractivity contribution in [3.05, 3.63) is 62.9 Å². The number of nitrogens with zero attached hydrogens (tertiary/aromatic N) is 2. The summed E-state index contributed by atoms with van der Waals surface area (Å²) in [6, 6.07) is -0.787. The van der Waals surface area contributed by atoms with E-state index in [1.807, 2.05) is 0 Å². The van der Waals surface area contributed by atoms with E-state index in [0.29, 0.717) is 0 Å². The van der Waals surface area contributed by atoms with Gasteiger partial charge in [0.05, 0.1) is 17.6 Å². The fourth-order valence-corrected chi connectivity index (χ4v) is 3.49. The highest BCUT2D eigenvalue weighted by molar-refractivity contribution is 6.31. The van der Waals surface area contributed by atoms with E-state index in [1.54, 1.807) is 0 Å².